The fourth-order valence-corrected chi connectivity index (χ4v) is 3.41. The smallest absolute Gasteiger partial charge is 0.335 e. The minimum Gasteiger partial charge on any atom is -0.478 e. The Balaban J connectivity index is 1.67. The molecule has 0 atom stereocenters. The van der Waals surface area contributed by atoms with Crippen LogP contribution in [0.4, 0.5) is 4.39 Å². The normalized spacial score (nSPS) is 11.0. The number of fused-ring (bicyclic) bond motifs is 1. The van der Waals surface area contributed by atoms with Crippen LogP contribution in [-0.2, 0) is 22.7 Å². The summed E-state index contributed by atoms with van der Waals surface area (Å²) in [7, 11) is 0. The molecule has 0 unspecified atom stereocenters. The molecule has 1 heterocycles. The standard InChI is InChI=1S/C22H22ClFN4O4/c1-13(2)27(11-19(29)25-9-15-4-3-5-17(23)21(15)24)20(30)12-28-18-7-6-14(22(31)32)8-16(18)10-26-28/h3-8,10,13H,9,11-12H2,1-2H3,(H,25,29)(H,31,32). The van der Waals surface area contributed by atoms with Gasteiger partial charge in [-0.3, -0.25) is 14.3 Å². The summed E-state index contributed by atoms with van der Waals surface area (Å²) in [6.07, 6.45) is 1.49. The maximum atomic E-state index is 14.0. The van der Waals surface area contributed by atoms with Crippen LogP contribution in [0.2, 0.25) is 5.02 Å². The summed E-state index contributed by atoms with van der Waals surface area (Å²) < 4.78 is 15.4. The molecule has 0 saturated carbocycles. The molecule has 0 spiro atoms. The van der Waals surface area contributed by atoms with Crippen LogP contribution in [0.5, 0.6) is 0 Å². The van der Waals surface area contributed by atoms with Crippen molar-refractivity contribution in [1.29, 1.82) is 0 Å². The van der Waals surface area contributed by atoms with Gasteiger partial charge in [-0.1, -0.05) is 23.7 Å². The molecule has 0 aliphatic heterocycles. The van der Waals surface area contributed by atoms with E-state index in [1.165, 1.54) is 40.0 Å². The van der Waals surface area contributed by atoms with E-state index < -0.39 is 17.7 Å². The first-order valence-corrected chi connectivity index (χ1v) is 10.2. The van der Waals surface area contributed by atoms with Crippen molar-refractivity contribution in [1.82, 2.24) is 20.0 Å². The topological polar surface area (TPSA) is 105 Å². The van der Waals surface area contributed by atoms with E-state index in [0.717, 1.165) is 0 Å². The van der Waals surface area contributed by atoms with E-state index in [0.29, 0.717) is 10.9 Å². The van der Waals surface area contributed by atoms with Crippen LogP contribution in [-0.4, -0.2) is 50.2 Å². The number of halogens is 2. The van der Waals surface area contributed by atoms with Gasteiger partial charge in [0.2, 0.25) is 11.8 Å². The van der Waals surface area contributed by atoms with Crippen molar-refractivity contribution in [3.05, 3.63) is 64.6 Å². The van der Waals surface area contributed by atoms with Crippen LogP contribution in [0.15, 0.2) is 42.6 Å². The molecule has 3 rings (SSSR count). The lowest BCUT2D eigenvalue weighted by atomic mass is 10.1. The van der Waals surface area contributed by atoms with E-state index in [1.807, 2.05) is 0 Å². The number of benzene rings is 2. The molecule has 0 aliphatic rings. The second kappa shape index (κ2) is 9.78. The molecule has 32 heavy (non-hydrogen) atoms. The Labute approximate surface area is 188 Å². The summed E-state index contributed by atoms with van der Waals surface area (Å²) in [6.45, 7) is 3.18. The molecule has 0 saturated heterocycles. The Hall–Kier alpha value is -3.46. The highest BCUT2D eigenvalue weighted by atomic mass is 35.5. The molecule has 0 aliphatic carbocycles. The predicted octanol–water partition coefficient (Wildman–Crippen LogP) is 3.08. The zero-order valence-corrected chi connectivity index (χ0v) is 18.3. The van der Waals surface area contributed by atoms with Crippen molar-refractivity contribution >= 4 is 40.3 Å². The number of nitrogens with one attached hydrogen (secondary N) is 1. The van der Waals surface area contributed by atoms with Crippen LogP contribution in [0.25, 0.3) is 10.9 Å². The number of aromatic nitrogens is 2. The van der Waals surface area contributed by atoms with E-state index in [4.69, 9.17) is 16.7 Å². The number of amides is 2. The van der Waals surface area contributed by atoms with Crippen LogP contribution in [0.1, 0.15) is 29.8 Å². The van der Waals surface area contributed by atoms with Gasteiger partial charge in [-0.15, -0.1) is 0 Å². The SMILES string of the molecule is CC(C)N(CC(=O)NCc1cccc(Cl)c1F)C(=O)Cn1ncc2cc(C(=O)O)ccc21. The number of hydrogen-bond acceptors (Lipinski definition) is 4. The number of nitrogens with zero attached hydrogens (tertiary/aromatic N) is 3. The fourth-order valence-electron chi connectivity index (χ4n) is 3.21. The summed E-state index contributed by atoms with van der Waals surface area (Å²) in [5.41, 5.74) is 0.977. The molecule has 3 aromatic rings. The average Bonchev–Trinajstić information content (AvgIpc) is 3.14. The minimum atomic E-state index is -1.05. The molecule has 2 amide bonds. The minimum absolute atomic E-state index is 0.0299. The van der Waals surface area contributed by atoms with Gasteiger partial charge < -0.3 is 15.3 Å². The molecule has 8 nitrogen and oxygen atoms in total. The van der Waals surface area contributed by atoms with Crippen LogP contribution in [0.3, 0.4) is 0 Å². The second-order valence-corrected chi connectivity index (χ2v) is 7.89. The van der Waals surface area contributed by atoms with Crippen molar-refractivity contribution in [2.75, 3.05) is 6.54 Å². The summed E-state index contributed by atoms with van der Waals surface area (Å²) in [4.78, 5) is 37.8. The van der Waals surface area contributed by atoms with Crippen LogP contribution >= 0.6 is 11.6 Å². The summed E-state index contributed by atoms with van der Waals surface area (Å²) in [6, 6.07) is 8.77. The molecule has 2 N–H and O–H groups in total. The largest absolute Gasteiger partial charge is 0.478 e. The molecule has 0 radical (unpaired) electrons. The number of carboxylic acids is 1. The number of carbonyl (C=O) groups excluding carboxylic acids is 2. The fraction of sp³-hybridized carbons (Fsp3) is 0.273. The first-order chi connectivity index (χ1) is 15.2. The number of rotatable bonds is 8. The van der Waals surface area contributed by atoms with Crippen molar-refractivity contribution in [3.63, 3.8) is 0 Å². The van der Waals surface area contributed by atoms with Gasteiger partial charge in [0.05, 0.1) is 28.8 Å². The third-order valence-corrected chi connectivity index (χ3v) is 5.23. The van der Waals surface area contributed by atoms with E-state index in [9.17, 15) is 18.8 Å². The van der Waals surface area contributed by atoms with E-state index in [-0.39, 0.29) is 47.7 Å². The molecular weight excluding hydrogens is 439 g/mol. The van der Waals surface area contributed by atoms with Crippen molar-refractivity contribution in [2.24, 2.45) is 0 Å². The van der Waals surface area contributed by atoms with E-state index >= 15 is 0 Å². The summed E-state index contributed by atoms with van der Waals surface area (Å²) in [5.74, 6) is -2.42. The molecule has 0 fully saturated rings. The monoisotopic (exact) mass is 460 g/mol. The number of aromatic carboxylic acids is 1. The molecule has 1 aromatic heterocycles. The Bertz CT molecular complexity index is 1180. The molecule has 2 aromatic carbocycles. The van der Waals surface area contributed by atoms with Gasteiger partial charge in [0.25, 0.3) is 0 Å². The van der Waals surface area contributed by atoms with Crippen LogP contribution < -0.4 is 5.32 Å². The molecule has 10 heteroatoms. The third-order valence-electron chi connectivity index (χ3n) is 4.94. The lowest BCUT2D eigenvalue weighted by Gasteiger charge is -2.26. The van der Waals surface area contributed by atoms with Gasteiger partial charge in [-0.25, -0.2) is 9.18 Å². The quantitative estimate of drug-likeness (QED) is 0.537. The number of carboxylic acid groups (broad SMARTS) is 1. The Kier molecular flexibility index (Phi) is 7.09. The van der Waals surface area contributed by atoms with Crippen molar-refractivity contribution in [3.8, 4) is 0 Å². The maximum Gasteiger partial charge on any atom is 0.335 e. The van der Waals surface area contributed by atoms with Gasteiger partial charge >= 0.3 is 5.97 Å². The highest BCUT2D eigenvalue weighted by Gasteiger charge is 2.22. The van der Waals surface area contributed by atoms with Gasteiger partial charge in [0.1, 0.15) is 12.4 Å². The predicted molar refractivity (Wildman–Crippen MR) is 117 cm³/mol. The zero-order chi connectivity index (χ0) is 23.4. The zero-order valence-electron chi connectivity index (χ0n) is 17.5. The van der Waals surface area contributed by atoms with Crippen molar-refractivity contribution in [2.45, 2.75) is 33.0 Å². The highest BCUT2D eigenvalue weighted by molar-refractivity contribution is 6.30. The van der Waals surface area contributed by atoms with E-state index in [1.54, 1.807) is 26.0 Å². The Morgan fingerprint density at radius 1 is 1.25 bits per heavy atom. The summed E-state index contributed by atoms with van der Waals surface area (Å²) in [5, 5.41) is 16.4. The molecule has 0 bridgehead atoms. The summed E-state index contributed by atoms with van der Waals surface area (Å²) >= 11 is 5.75. The number of carbonyl (C=O) groups is 3. The second-order valence-electron chi connectivity index (χ2n) is 7.49. The third kappa shape index (κ3) is 5.23. The van der Waals surface area contributed by atoms with Gasteiger partial charge in [-0.05, 0) is 38.1 Å². The number of hydrogen-bond donors (Lipinski definition) is 2. The molecule has 168 valence electrons. The van der Waals surface area contributed by atoms with Gasteiger partial charge in [0.15, 0.2) is 0 Å². The highest BCUT2D eigenvalue weighted by Crippen LogP contribution is 2.18. The van der Waals surface area contributed by atoms with Crippen LogP contribution in [0, 0.1) is 5.82 Å². The average molecular weight is 461 g/mol. The van der Waals surface area contributed by atoms with Gasteiger partial charge in [-0.2, -0.15) is 5.10 Å². The lowest BCUT2D eigenvalue weighted by molar-refractivity contribution is -0.138. The maximum absolute atomic E-state index is 14.0. The van der Waals surface area contributed by atoms with Gasteiger partial charge in [0, 0.05) is 23.5 Å². The Morgan fingerprint density at radius 2 is 2.00 bits per heavy atom. The first kappa shape index (κ1) is 23.2. The first-order valence-electron chi connectivity index (χ1n) is 9.85. The Morgan fingerprint density at radius 3 is 2.69 bits per heavy atom. The van der Waals surface area contributed by atoms with Crippen molar-refractivity contribution < 1.29 is 23.9 Å². The lowest BCUT2D eigenvalue weighted by Crippen LogP contribution is -2.45. The molecular formula is C22H22ClFN4O4. The van der Waals surface area contributed by atoms with E-state index in [2.05, 4.69) is 10.4 Å².